The Hall–Kier alpha value is -1.27. The normalized spacial score (nSPS) is 11.2. The molecular weight excluding hydrogens is 239 g/mol. The molecule has 2 N–H and O–H groups in total. The largest absolute Gasteiger partial charge is 0.481 e. The van der Waals surface area contributed by atoms with Crippen molar-refractivity contribution in [2.45, 2.75) is 44.7 Å². The minimum atomic E-state index is -4.82. The topological polar surface area (TPSA) is 66.4 Å². The van der Waals surface area contributed by atoms with Gasteiger partial charge in [0, 0.05) is 13.0 Å². The SMILES string of the molecule is O=C(O)CCCCCCCNC(=O)C(F)(F)F. The zero-order valence-corrected chi connectivity index (χ0v) is 9.35. The Bertz CT molecular complexity index is 254. The molecule has 1 amide bonds. The molecule has 0 spiro atoms. The van der Waals surface area contributed by atoms with Gasteiger partial charge in [0.05, 0.1) is 0 Å². The highest BCUT2D eigenvalue weighted by Gasteiger charge is 2.38. The molecule has 0 unspecified atom stereocenters. The van der Waals surface area contributed by atoms with Crippen LogP contribution in [0, 0.1) is 0 Å². The molecule has 0 bridgehead atoms. The Kier molecular flexibility index (Phi) is 7.32. The molecule has 0 aromatic carbocycles. The van der Waals surface area contributed by atoms with Crippen LogP contribution in [0.1, 0.15) is 38.5 Å². The highest BCUT2D eigenvalue weighted by molar-refractivity contribution is 5.81. The number of halogens is 3. The first kappa shape index (κ1) is 15.7. The molecule has 0 aromatic rings. The fraction of sp³-hybridized carbons (Fsp3) is 0.800. The van der Waals surface area contributed by atoms with Gasteiger partial charge >= 0.3 is 18.1 Å². The van der Waals surface area contributed by atoms with Crippen molar-refractivity contribution in [3.8, 4) is 0 Å². The van der Waals surface area contributed by atoms with Gasteiger partial charge in [-0.2, -0.15) is 13.2 Å². The molecule has 0 aliphatic rings. The van der Waals surface area contributed by atoms with E-state index >= 15 is 0 Å². The fourth-order valence-electron chi connectivity index (χ4n) is 1.23. The van der Waals surface area contributed by atoms with Crippen molar-refractivity contribution >= 4 is 11.9 Å². The lowest BCUT2D eigenvalue weighted by atomic mass is 10.1. The molecule has 0 saturated heterocycles. The highest BCUT2D eigenvalue weighted by atomic mass is 19.4. The fourth-order valence-corrected chi connectivity index (χ4v) is 1.23. The monoisotopic (exact) mass is 255 g/mol. The van der Waals surface area contributed by atoms with Gasteiger partial charge in [-0.3, -0.25) is 9.59 Å². The number of carboxylic acids is 1. The summed E-state index contributed by atoms with van der Waals surface area (Å²) < 4.78 is 35.2. The molecule has 7 heteroatoms. The van der Waals surface area contributed by atoms with E-state index in [0.29, 0.717) is 19.3 Å². The molecule has 4 nitrogen and oxygen atoms in total. The lowest BCUT2D eigenvalue weighted by Gasteiger charge is -2.07. The standard InChI is InChI=1S/C10H16F3NO3/c11-10(12,13)9(17)14-7-5-3-1-2-4-6-8(15)16/h1-7H2,(H,14,17)(H,15,16). The highest BCUT2D eigenvalue weighted by Crippen LogP contribution is 2.14. The number of unbranched alkanes of at least 4 members (excludes halogenated alkanes) is 4. The Balaban J connectivity index is 3.30. The number of carboxylic acid groups (broad SMARTS) is 1. The Labute approximate surface area is 97.2 Å². The first-order valence-electron chi connectivity index (χ1n) is 5.41. The summed E-state index contributed by atoms with van der Waals surface area (Å²) in [5, 5.41) is 10.1. The Morgan fingerprint density at radius 3 is 2.06 bits per heavy atom. The van der Waals surface area contributed by atoms with Crippen LogP contribution in [0.3, 0.4) is 0 Å². The number of hydrogen-bond donors (Lipinski definition) is 2. The van der Waals surface area contributed by atoms with E-state index in [1.807, 2.05) is 0 Å². The number of amides is 1. The number of carbonyl (C=O) groups is 2. The maximum Gasteiger partial charge on any atom is 0.471 e. The zero-order chi connectivity index (χ0) is 13.3. The van der Waals surface area contributed by atoms with Gasteiger partial charge < -0.3 is 10.4 Å². The Morgan fingerprint density at radius 1 is 1.00 bits per heavy atom. The molecule has 100 valence electrons. The maximum absolute atomic E-state index is 11.7. The summed E-state index contributed by atoms with van der Waals surface area (Å²) in [5.74, 6) is -2.76. The van der Waals surface area contributed by atoms with Gasteiger partial charge in [-0.15, -0.1) is 0 Å². The van der Waals surface area contributed by atoms with E-state index < -0.39 is 18.1 Å². The first-order chi connectivity index (χ1) is 7.84. The molecule has 0 rings (SSSR count). The van der Waals surface area contributed by atoms with Crippen LogP contribution in [0.5, 0.6) is 0 Å². The second-order valence-electron chi connectivity index (χ2n) is 3.67. The Morgan fingerprint density at radius 2 is 1.53 bits per heavy atom. The van der Waals surface area contributed by atoms with Crippen LogP contribution in [-0.2, 0) is 9.59 Å². The van der Waals surface area contributed by atoms with Crippen molar-refractivity contribution in [2.24, 2.45) is 0 Å². The van der Waals surface area contributed by atoms with Crippen LogP contribution >= 0.6 is 0 Å². The number of aliphatic carboxylic acids is 1. The van der Waals surface area contributed by atoms with Crippen LogP contribution in [0.25, 0.3) is 0 Å². The van der Waals surface area contributed by atoms with E-state index in [0.717, 1.165) is 12.8 Å². The van der Waals surface area contributed by atoms with Gasteiger partial charge in [-0.25, -0.2) is 0 Å². The molecule has 0 atom stereocenters. The van der Waals surface area contributed by atoms with E-state index in [1.165, 1.54) is 0 Å². The van der Waals surface area contributed by atoms with Crippen molar-refractivity contribution in [3.63, 3.8) is 0 Å². The molecule has 0 fully saturated rings. The average Bonchev–Trinajstić information content (AvgIpc) is 2.19. The first-order valence-corrected chi connectivity index (χ1v) is 5.41. The number of alkyl halides is 3. The molecule has 0 heterocycles. The summed E-state index contributed by atoms with van der Waals surface area (Å²) in [7, 11) is 0. The van der Waals surface area contributed by atoms with Gasteiger partial charge in [-0.05, 0) is 12.8 Å². The number of hydrogen-bond acceptors (Lipinski definition) is 2. The maximum atomic E-state index is 11.7. The van der Waals surface area contributed by atoms with Gasteiger partial charge in [0.25, 0.3) is 0 Å². The summed E-state index contributed by atoms with van der Waals surface area (Å²) in [6.45, 7) is -0.00270. The summed E-state index contributed by atoms with van der Waals surface area (Å²) in [6, 6.07) is 0. The van der Waals surface area contributed by atoms with E-state index in [-0.39, 0.29) is 13.0 Å². The number of nitrogens with one attached hydrogen (secondary N) is 1. The molecule has 0 radical (unpaired) electrons. The van der Waals surface area contributed by atoms with Crippen LogP contribution in [0.4, 0.5) is 13.2 Å². The third-order valence-electron chi connectivity index (χ3n) is 2.11. The predicted molar refractivity (Wildman–Crippen MR) is 54.4 cm³/mol. The average molecular weight is 255 g/mol. The van der Waals surface area contributed by atoms with Crippen LogP contribution in [0.2, 0.25) is 0 Å². The van der Waals surface area contributed by atoms with Crippen molar-refractivity contribution < 1.29 is 27.9 Å². The predicted octanol–water partition coefficient (Wildman–Crippen LogP) is 2.09. The van der Waals surface area contributed by atoms with Gasteiger partial charge in [0.2, 0.25) is 0 Å². The summed E-state index contributed by atoms with van der Waals surface area (Å²) >= 11 is 0. The quantitative estimate of drug-likeness (QED) is 0.653. The molecular formula is C10H16F3NO3. The van der Waals surface area contributed by atoms with Gasteiger partial charge in [-0.1, -0.05) is 19.3 Å². The van der Waals surface area contributed by atoms with Gasteiger partial charge in [0.15, 0.2) is 0 Å². The molecule has 17 heavy (non-hydrogen) atoms. The zero-order valence-electron chi connectivity index (χ0n) is 9.35. The lowest BCUT2D eigenvalue weighted by molar-refractivity contribution is -0.173. The van der Waals surface area contributed by atoms with Crippen molar-refractivity contribution in [3.05, 3.63) is 0 Å². The van der Waals surface area contributed by atoms with E-state index in [9.17, 15) is 22.8 Å². The molecule has 0 aliphatic heterocycles. The van der Waals surface area contributed by atoms with Crippen molar-refractivity contribution in [1.82, 2.24) is 5.32 Å². The van der Waals surface area contributed by atoms with E-state index in [1.54, 1.807) is 5.32 Å². The van der Waals surface area contributed by atoms with Crippen LogP contribution < -0.4 is 5.32 Å². The molecule has 0 aliphatic carbocycles. The molecule has 0 saturated carbocycles. The van der Waals surface area contributed by atoms with E-state index in [4.69, 9.17) is 5.11 Å². The minimum absolute atomic E-state index is 0.00270. The summed E-state index contributed by atoms with van der Waals surface area (Å²) in [4.78, 5) is 20.5. The molecule has 0 aromatic heterocycles. The van der Waals surface area contributed by atoms with Crippen molar-refractivity contribution in [1.29, 1.82) is 0 Å². The summed E-state index contributed by atoms with van der Waals surface area (Å²) in [6.07, 6.45) is -1.49. The second kappa shape index (κ2) is 7.92. The van der Waals surface area contributed by atoms with E-state index in [2.05, 4.69) is 0 Å². The lowest BCUT2D eigenvalue weighted by Crippen LogP contribution is -2.37. The second-order valence-corrected chi connectivity index (χ2v) is 3.67. The summed E-state index contributed by atoms with van der Waals surface area (Å²) in [5.41, 5.74) is 0. The van der Waals surface area contributed by atoms with Crippen molar-refractivity contribution in [2.75, 3.05) is 6.54 Å². The third kappa shape index (κ3) is 9.65. The van der Waals surface area contributed by atoms with Crippen LogP contribution in [0.15, 0.2) is 0 Å². The minimum Gasteiger partial charge on any atom is -0.481 e. The number of carbonyl (C=O) groups excluding carboxylic acids is 1. The third-order valence-corrected chi connectivity index (χ3v) is 2.11. The van der Waals surface area contributed by atoms with Gasteiger partial charge in [0.1, 0.15) is 0 Å². The van der Waals surface area contributed by atoms with Crippen LogP contribution in [-0.4, -0.2) is 29.7 Å². The number of rotatable bonds is 8. The smallest absolute Gasteiger partial charge is 0.471 e.